The van der Waals surface area contributed by atoms with Crippen LogP contribution >= 0.6 is 12.2 Å². The molecular weight excluding hydrogens is 344 g/mol. The van der Waals surface area contributed by atoms with Crippen LogP contribution in [0.15, 0.2) is 77.4 Å². The minimum absolute atomic E-state index is 0.569. The maximum Gasteiger partial charge on any atom is 0.166 e. The van der Waals surface area contributed by atoms with Gasteiger partial charge in [0.15, 0.2) is 5.11 Å². The van der Waals surface area contributed by atoms with Gasteiger partial charge in [0.2, 0.25) is 0 Å². The normalized spacial score (nSPS) is 10.5. The molecule has 4 nitrogen and oxygen atoms in total. The van der Waals surface area contributed by atoms with Crippen molar-refractivity contribution in [1.29, 1.82) is 0 Å². The molecular formula is C21H22N2O2S. The largest absolute Gasteiger partial charge is 0.467 e. The highest BCUT2D eigenvalue weighted by molar-refractivity contribution is 7.80. The van der Waals surface area contributed by atoms with Crippen LogP contribution in [0.25, 0.3) is 0 Å². The molecule has 0 radical (unpaired) electrons. The zero-order valence-corrected chi connectivity index (χ0v) is 15.3. The Kier molecular flexibility index (Phi) is 6.81. The Hall–Kier alpha value is -2.63. The van der Waals surface area contributed by atoms with Crippen LogP contribution in [0, 0.1) is 0 Å². The number of ether oxygens (including phenoxy) is 1. The topological polar surface area (TPSA) is 46.4 Å². The Labute approximate surface area is 159 Å². The van der Waals surface area contributed by atoms with E-state index in [2.05, 4.69) is 34.9 Å². The standard InChI is InChI=1S/C21H22N2O2S/c26-21(23-14-20-11-6-12-25-20)22-13-18-9-4-5-10-19(18)16-24-15-17-7-2-1-3-8-17/h1-12H,13-16H2,(H2,22,23,26). The highest BCUT2D eigenvalue weighted by Crippen LogP contribution is 2.11. The smallest absolute Gasteiger partial charge is 0.166 e. The first-order valence-electron chi connectivity index (χ1n) is 8.54. The summed E-state index contributed by atoms with van der Waals surface area (Å²) < 4.78 is 11.1. The predicted molar refractivity (Wildman–Crippen MR) is 106 cm³/mol. The molecule has 26 heavy (non-hydrogen) atoms. The summed E-state index contributed by atoms with van der Waals surface area (Å²) in [5.41, 5.74) is 3.50. The first-order valence-corrected chi connectivity index (χ1v) is 8.94. The van der Waals surface area contributed by atoms with Gasteiger partial charge in [0, 0.05) is 6.54 Å². The lowest BCUT2D eigenvalue weighted by Crippen LogP contribution is -2.34. The fraction of sp³-hybridized carbons (Fsp3) is 0.190. The van der Waals surface area contributed by atoms with Gasteiger partial charge in [-0.15, -0.1) is 0 Å². The van der Waals surface area contributed by atoms with Crippen molar-refractivity contribution < 1.29 is 9.15 Å². The molecule has 0 aliphatic heterocycles. The van der Waals surface area contributed by atoms with Crippen LogP contribution in [0.1, 0.15) is 22.5 Å². The van der Waals surface area contributed by atoms with Gasteiger partial charge in [-0.3, -0.25) is 0 Å². The van der Waals surface area contributed by atoms with Crippen LogP contribution in [-0.2, 0) is 31.0 Å². The van der Waals surface area contributed by atoms with E-state index in [0.29, 0.717) is 31.4 Å². The maximum absolute atomic E-state index is 5.86. The number of hydrogen-bond acceptors (Lipinski definition) is 3. The molecule has 0 spiro atoms. The summed E-state index contributed by atoms with van der Waals surface area (Å²) in [5, 5.41) is 6.97. The molecule has 2 N–H and O–H groups in total. The number of nitrogens with one attached hydrogen (secondary N) is 2. The fourth-order valence-electron chi connectivity index (χ4n) is 2.54. The van der Waals surface area contributed by atoms with Crippen LogP contribution in [0.3, 0.4) is 0 Å². The van der Waals surface area contributed by atoms with E-state index in [4.69, 9.17) is 21.4 Å². The van der Waals surface area contributed by atoms with E-state index in [1.54, 1.807) is 6.26 Å². The molecule has 3 rings (SSSR count). The third-order valence-corrected chi connectivity index (χ3v) is 4.22. The number of rotatable bonds is 8. The Morgan fingerprint density at radius 3 is 2.31 bits per heavy atom. The van der Waals surface area contributed by atoms with Crippen LogP contribution in [0.4, 0.5) is 0 Å². The van der Waals surface area contributed by atoms with Crippen LogP contribution in [0.2, 0.25) is 0 Å². The number of thiocarbonyl (C=S) groups is 1. The van der Waals surface area contributed by atoms with Crippen molar-refractivity contribution in [2.24, 2.45) is 0 Å². The summed E-state index contributed by atoms with van der Waals surface area (Å²) >= 11 is 5.33. The molecule has 0 saturated heterocycles. The van der Waals surface area contributed by atoms with E-state index in [1.165, 1.54) is 11.1 Å². The molecule has 0 amide bonds. The molecule has 1 heterocycles. The second-order valence-electron chi connectivity index (χ2n) is 5.86. The van der Waals surface area contributed by atoms with Gasteiger partial charge in [0.1, 0.15) is 5.76 Å². The van der Waals surface area contributed by atoms with Crippen LogP contribution < -0.4 is 10.6 Å². The predicted octanol–water partition coefficient (Wildman–Crippen LogP) is 4.16. The van der Waals surface area contributed by atoms with Gasteiger partial charge in [-0.05, 0) is 41.0 Å². The van der Waals surface area contributed by atoms with E-state index >= 15 is 0 Å². The lowest BCUT2D eigenvalue weighted by Gasteiger charge is -2.13. The van der Waals surface area contributed by atoms with Gasteiger partial charge in [-0.2, -0.15) is 0 Å². The Bertz CT molecular complexity index is 804. The zero-order chi connectivity index (χ0) is 18.0. The Balaban J connectivity index is 1.46. The molecule has 0 atom stereocenters. The first-order chi connectivity index (χ1) is 12.8. The summed E-state index contributed by atoms with van der Waals surface area (Å²) in [6, 6.07) is 22.2. The second kappa shape index (κ2) is 9.75. The molecule has 0 saturated carbocycles. The van der Waals surface area contributed by atoms with Gasteiger partial charge in [-0.1, -0.05) is 54.6 Å². The van der Waals surface area contributed by atoms with E-state index in [1.807, 2.05) is 42.5 Å². The minimum Gasteiger partial charge on any atom is -0.467 e. The Morgan fingerprint density at radius 2 is 1.54 bits per heavy atom. The minimum atomic E-state index is 0.569. The average Bonchev–Trinajstić information content (AvgIpc) is 3.20. The summed E-state index contributed by atoms with van der Waals surface area (Å²) in [6.45, 7) is 2.39. The molecule has 134 valence electrons. The van der Waals surface area contributed by atoms with E-state index in [9.17, 15) is 0 Å². The summed E-state index contributed by atoms with van der Waals surface area (Å²) in [5.74, 6) is 0.851. The number of hydrogen-bond donors (Lipinski definition) is 2. The van der Waals surface area contributed by atoms with Gasteiger partial charge in [0.05, 0.1) is 26.0 Å². The number of furan rings is 1. The van der Waals surface area contributed by atoms with E-state index in [-0.39, 0.29) is 0 Å². The van der Waals surface area contributed by atoms with Crippen LogP contribution in [0.5, 0.6) is 0 Å². The van der Waals surface area contributed by atoms with Crippen LogP contribution in [-0.4, -0.2) is 5.11 Å². The molecule has 0 aliphatic rings. The second-order valence-corrected chi connectivity index (χ2v) is 6.27. The molecule has 0 aliphatic carbocycles. The highest BCUT2D eigenvalue weighted by Gasteiger charge is 2.04. The first kappa shape index (κ1) is 18.2. The maximum atomic E-state index is 5.86. The van der Waals surface area contributed by atoms with Crippen molar-refractivity contribution in [2.45, 2.75) is 26.3 Å². The molecule has 0 bridgehead atoms. The third-order valence-electron chi connectivity index (χ3n) is 3.93. The third kappa shape index (κ3) is 5.72. The van der Waals surface area contributed by atoms with Gasteiger partial charge in [-0.25, -0.2) is 0 Å². The van der Waals surface area contributed by atoms with E-state index < -0.39 is 0 Å². The molecule has 1 aromatic heterocycles. The van der Waals surface area contributed by atoms with Crippen molar-refractivity contribution in [3.63, 3.8) is 0 Å². The van der Waals surface area contributed by atoms with Gasteiger partial charge >= 0.3 is 0 Å². The fourth-order valence-corrected chi connectivity index (χ4v) is 2.69. The monoisotopic (exact) mass is 366 g/mol. The zero-order valence-electron chi connectivity index (χ0n) is 14.5. The van der Waals surface area contributed by atoms with Gasteiger partial charge in [0.25, 0.3) is 0 Å². The summed E-state index contributed by atoms with van der Waals surface area (Å²) in [7, 11) is 0. The quantitative estimate of drug-likeness (QED) is 0.586. The number of benzene rings is 2. The molecule has 0 unspecified atom stereocenters. The summed E-state index contributed by atoms with van der Waals surface area (Å²) in [6.07, 6.45) is 1.65. The lowest BCUT2D eigenvalue weighted by molar-refractivity contribution is 0.106. The summed E-state index contributed by atoms with van der Waals surface area (Å²) in [4.78, 5) is 0. The molecule has 0 fully saturated rings. The van der Waals surface area contributed by atoms with Crippen molar-refractivity contribution in [1.82, 2.24) is 10.6 Å². The van der Waals surface area contributed by atoms with E-state index in [0.717, 1.165) is 11.3 Å². The molecule has 5 heteroatoms. The molecule has 3 aromatic rings. The van der Waals surface area contributed by atoms with Gasteiger partial charge < -0.3 is 19.8 Å². The molecule has 2 aromatic carbocycles. The highest BCUT2D eigenvalue weighted by atomic mass is 32.1. The Morgan fingerprint density at radius 1 is 0.808 bits per heavy atom. The lowest BCUT2D eigenvalue weighted by atomic mass is 10.1. The average molecular weight is 366 g/mol. The van der Waals surface area contributed by atoms with Crippen molar-refractivity contribution in [2.75, 3.05) is 0 Å². The van der Waals surface area contributed by atoms with Crippen molar-refractivity contribution in [3.8, 4) is 0 Å². The van der Waals surface area contributed by atoms with Crippen molar-refractivity contribution >= 4 is 17.3 Å². The SMILES string of the molecule is S=C(NCc1ccco1)NCc1ccccc1COCc1ccccc1. The van der Waals surface area contributed by atoms with Crippen molar-refractivity contribution in [3.05, 3.63) is 95.4 Å².